The number of nitrogens with two attached hydrogens (primary N) is 1. The van der Waals surface area contributed by atoms with Gasteiger partial charge in [-0.3, -0.25) is 0 Å². The van der Waals surface area contributed by atoms with E-state index >= 15 is 0 Å². The Morgan fingerprint density at radius 1 is 1.33 bits per heavy atom. The van der Waals surface area contributed by atoms with E-state index in [1.807, 2.05) is 6.08 Å². The van der Waals surface area contributed by atoms with E-state index in [1.54, 1.807) is 0 Å². The van der Waals surface area contributed by atoms with Crippen molar-refractivity contribution < 1.29 is 0 Å². The van der Waals surface area contributed by atoms with Gasteiger partial charge < -0.3 is 5.73 Å². The minimum absolute atomic E-state index is 0.528. The zero-order chi connectivity index (χ0) is 8.55. The van der Waals surface area contributed by atoms with Crippen LogP contribution < -0.4 is 5.73 Å². The van der Waals surface area contributed by atoms with Crippen LogP contribution in [0.3, 0.4) is 0 Å². The maximum absolute atomic E-state index is 5.75. The molecule has 0 fully saturated rings. The number of allylic oxidation sites excluding steroid dienone is 8. The van der Waals surface area contributed by atoms with E-state index in [-0.39, 0.29) is 0 Å². The standard InChI is InChI=1S/C11H13N/c1-8-2-3-9-4-5-11(12)7-10(9)6-8/h2-6,10H,7,12H2,1H3. The summed E-state index contributed by atoms with van der Waals surface area (Å²) in [5, 5.41) is 0. The topological polar surface area (TPSA) is 26.0 Å². The molecule has 1 nitrogen and oxygen atoms in total. The van der Waals surface area contributed by atoms with Crippen molar-refractivity contribution in [2.75, 3.05) is 0 Å². The molecular formula is C11H13N. The third-order valence-electron chi connectivity index (χ3n) is 2.38. The van der Waals surface area contributed by atoms with Gasteiger partial charge in [0, 0.05) is 11.6 Å². The van der Waals surface area contributed by atoms with Gasteiger partial charge in [0.15, 0.2) is 0 Å². The van der Waals surface area contributed by atoms with Crippen LogP contribution in [0.15, 0.2) is 47.2 Å². The van der Waals surface area contributed by atoms with E-state index in [2.05, 4.69) is 31.2 Å². The maximum Gasteiger partial charge on any atom is 0.00898 e. The molecule has 62 valence electrons. The van der Waals surface area contributed by atoms with Crippen LogP contribution in [0.2, 0.25) is 0 Å². The van der Waals surface area contributed by atoms with Crippen LogP contribution in [0.25, 0.3) is 0 Å². The molecule has 0 saturated carbocycles. The summed E-state index contributed by atoms with van der Waals surface area (Å²) in [4.78, 5) is 0. The third kappa shape index (κ3) is 1.22. The molecule has 0 aliphatic heterocycles. The zero-order valence-corrected chi connectivity index (χ0v) is 7.25. The van der Waals surface area contributed by atoms with Crippen LogP contribution in [0.5, 0.6) is 0 Å². The van der Waals surface area contributed by atoms with Crippen molar-refractivity contribution >= 4 is 0 Å². The molecule has 0 aromatic rings. The molecule has 2 N–H and O–H groups in total. The van der Waals surface area contributed by atoms with Crippen LogP contribution in [-0.4, -0.2) is 0 Å². The summed E-state index contributed by atoms with van der Waals surface area (Å²) < 4.78 is 0. The van der Waals surface area contributed by atoms with Gasteiger partial charge in [-0.1, -0.05) is 29.9 Å². The molecule has 1 unspecified atom stereocenters. The summed E-state index contributed by atoms with van der Waals surface area (Å²) in [6.07, 6.45) is 11.7. The Kier molecular flexibility index (Phi) is 1.65. The summed E-state index contributed by atoms with van der Waals surface area (Å²) in [5.74, 6) is 0.528. The van der Waals surface area contributed by atoms with E-state index in [1.165, 1.54) is 11.1 Å². The van der Waals surface area contributed by atoms with Crippen molar-refractivity contribution in [3.63, 3.8) is 0 Å². The largest absolute Gasteiger partial charge is 0.402 e. The maximum atomic E-state index is 5.75. The second kappa shape index (κ2) is 2.67. The average molecular weight is 159 g/mol. The predicted molar refractivity (Wildman–Crippen MR) is 51.4 cm³/mol. The SMILES string of the molecule is CC1=CC2CC(N)=CC=C2C=C1. The molecule has 0 aromatic carbocycles. The summed E-state index contributed by atoms with van der Waals surface area (Å²) in [6.45, 7) is 2.13. The van der Waals surface area contributed by atoms with Crippen molar-refractivity contribution in [3.05, 3.63) is 47.2 Å². The van der Waals surface area contributed by atoms with Crippen molar-refractivity contribution in [3.8, 4) is 0 Å². The van der Waals surface area contributed by atoms with E-state index in [0.717, 1.165) is 12.1 Å². The zero-order valence-electron chi connectivity index (χ0n) is 7.25. The first-order valence-corrected chi connectivity index (χ1v) is 4.28. The van der Waals surface area contributed by atoms with Crippen LogP contribution in [0.4, 0.5) is 0 Å². The van der Waals surface area contributed by atoms with E-state index in [4.69, 9.17) is 5.73 Å². The highest BCUT2D eigenvalue weighted by atomic mass is 14.6. The molecule has 0 radical (unpaired) electrons. The smallest absolute Gasteiger partial charge is 0.00898 e. The van der Waals surface area contributed by atoms with E-state index < -0.39 is 0 Å². The Balaban J connectivity index is 2.33. The van der Waals surface area contributed by atoms with Gasteiger partial charge in [-0.25, -0.2) is 0 Å². The van der Waals surface area contributed by atoms with E-state index in [0.29, 0.717) is 5.92 Å². The summed E-state index contributed by atoms with van der Waals surface area (Å²) in [7, 11) is 0. The van der Waals surface area contributed by atoms with Crippen molar-refractivity contribution in [2.24, 2.45) is 11.7 Å². The average Bonchev–Trinajstić information content (AvgIpc) is 2.03. The molecule has 12 heavy (non-hydrogen) atoms. The van der Waals surface area contributed by atoms with Crippen LogP contribution in [0, 0.1) is 5.92 Å². The van der Waals surface area contributed by atoms with Gasteiger partial charge in [0.05, 0.1) is 0 Å². The second-order valence-corrected chi connectivity index (χ2v) is 3.46. The lowest BCUT2D eigenvalue weighted by atomic mass is 9.85. The summed E-state index contributed by atoms with van der Waals surface area (Å²) in [6, 6.07) is 0. The Hall–Kier alpha value is -1.24. The molecule has 0 spiro atoms. The minimum atomic E-state index is 0.528. The monoisotopic (exact) mass is 159 g/mol. The fourth-order valence-electron chi connectivity index (χ4n) is 1.70. The Morgan fingerprint density at radius 2 is 2.17 bits per heavy atom. The first-order valence-electron chi connectivity index (χ1n) is 4.28. The molecule has 0 amide bonds. The van der Waals surface area contributed by atoms with E-state index in [9.17, 15) is 0 Å². The van der Waals surface area contributed by atoms with Crippen molar-refractivity contribution in [1.82, 2.24) is 0 Å². The lowest BCUT2D eigenvalue weighted by Crippen LogP contribution is -2.12. The van der Waals surface area contributed by atoms with Crippen LogP contribution in [0.1, 0.15) is 13.3 Å². The lowest BCUT2D eigenvalue weighted by Gasteiger charge is -2.21. The van der Waals surface area contributed by atoms with Crippen LogP contribution >= 0.6 is 0 Å². The number of rotatable bonds is 0. The summed E-state index contributed by atoms with van der Waals surface area (Å²) in [5.41, 5.74) is 9.46. The number of hydrogen-bond acceptors (Lipinski definition) is 1. The molecule has 0 heterocycles. The number of fused-ring (bicyclic) bond motifs is 1. The van der Waals surface area contributed by atoms with Crippen molar-refractivity contribution in [1.29, 1.82) is 0 Å². The molecule has 0 saturated heterocycles. The molecule has 2 aliphatic carbocycles. The highest BCUT2D eigenvalue weighted by Crippen LogP contribution is 2.29. The molecule has 1 atom stereocenters. The molecule has 0 bridgehead atoms. The molecule has 1 heteroatoms. The third-order valence-corrected chi connectivity index (χ3v) is 2.38. The van der Waals surface area contributed by atoms with Gasteiger partial charge in [-0.2, -0.15) is 0 Å². The van der Waals surface area contributed by atoms with Crippen LogP contribution in [-0.2, 0) is 0 Å². The second-order valence-electron chi connectivity index (χ2n) is 3.46. The molecular weight excluding hydrogens is 146 g/mol. The van der Waals surface area contributed by atoms with Gasteiger partial charge in [-0.05, 0) is 25.0 Å². The first kappa shape index (κ1) is 7.41. The minimum Gasteiger partial charge on any atom is -0.402 e. The van der Waals surface area contributed by atoms with Gasteiger partial charge in [-0.15, -0.1) is 0 Å². The van der Waals surface area contributed by atoms with Gasteiger partial charge in [0.2, 0.25) is 0 Å². The fourth-order valence-corrected chi connectivity index (χ4v) is 1.70. The lowest BCUT2D eigenvalue weighted by molar-refractivity contribution is 0.733. The molecule has 2 aliphatic rings. The Morgan fingerprint density at radius 3 is 3.00 bits per heavy atom. The normalized spacial score (nSPS) is 27.1. The van der Waals surface area contributed by atoms with Crippen molar-refractivity contribution in [2.45, 2.75) is 13.3 Å². The number of hydrogen-bond donors (Lipinski definition) is 1. The van der Waals surface area contributed by atoms with Gasteiger partial charge >= 0.3 is 0 Å². The summed E-state index contributed by atoms with van der Waals surface area (Å²) >= 11 is 0. The Bertz CT molecular complexity index is 316. The molecule has 2 rings (SSSR count). The fraction of sp³-hybridized carbons (Fsp3) is 0.273. The highest BCUT2D eigenvalue weighted by Gasteiger charge is 2.16. The quantitative estimate of drug-likeness (QED) is 0.576. The van der Waals surface area contributed by atoms with Gasteiger partial charge in [0.1, 0.15) is 0 Å². The van der Waals surface area contributed by atoms with Gasteiger partial charge in [0.25, 0.3) is 0 Å². The Labute approximate surface area is 73.0 Å². The first-order chi connectivity index (χ1) is 5.75. The highest BCUT2D eigenvalue weighted by molar-refractivity contribution is 5.42. The molecule has 0 aromatic heterocycles. The predicted octanol–water partition coefficient (Wildman–Crippen LogP) is 2.29.